The molecule has 3 aromatic heterocycles. The average Bonchev–Trinajstić information content (AvgIpc) is 3.74. The average molecular weight is 657 g/mol. The van der Waals surface area contributed by atoms with Crippen molar-refractivity contribution >= 4 is 53.3 Å². The Hall–Kier alpha value is -6.43. The van der Waals surface area contributed by atoms with Crippen molar-refractivity contribution < 1.29 is 0 Å². The Bertz CT molecular complexity index is 2800. The molecule has 234 valence electrons. The molecular weight excluding hydrogens is 629 g/mol. The van der Waals surface area contributed by atoms with Crippen molar-refractivity contribution in [2.45, 2.75) is 0 Å². The lowest BCUT2D eigenvalue weighted by Crippen LogP contribution is -2.00. The van der Waals surface area contributed by atoms with Gasteiger partial charge in [0.15, 0.2) is 17.5 Å². The van der Waals surface area contributed by atoms with Gasteiger partial charge in [-0.1, -0.05) is 133 Å². The molecule has 0 aliphatic heterocycles. The van der Waals surface area contributed by atoms with E-state index in [1.54, 1.807) is 11.3 Å². The molecule has 0 atom stereocenters. The van der Waals surface area contributed by atoms with Crippen LogP contribution in [0.5, 0.6) is 0 Å². The number of fused-ring (bicyclic) bond motifs is 6. The summed E-state index contributed by atoms with van der Waals surface area (Å²) < 4.78 is 4.85. The van der Waals surface area contributed by atoms with Crippen molar-refractivity contribution in [1.29, 1.82) is 0 Å². The summed E-state index contributed by atoms with van der Waals surface area (Å²) in [5.41, 5.74) is 8.73. The first-order valence-corrected chi connectivity index (χ1v) is 17.5. The van der Waals surface area contributed by atoms with E-state index in [0.29, 0.717) is 17.5 Å². The Balaban J connectivity index is 1.01. The van der Waals surface area contributed by atoms with Crippen LogP contribution in [0.4, 0.5) is 0 Å². The molecule has 0 aliphatic carbocycles. The van der Waals surface area contributed by atoms with Crippen LogP contribution in [0.15, 0.2) is 170 Å². The van der Waals surface area contributed by atoms with Crippen LogP contribution in [-0.2, 0) is 0 Å². The fraction of sp³-hybridized carbons (Fsp3) is 0. The first-order valence-electron chi connectivity index (χ1n) is 16.7. The standard InChI is InChI=1S/C45H28N4S/c1-2-10-31(11-3-1)43-46-44(48-45(47-43)33-24-27-38-37-14-6-9-17-41(37)50-42(38)28-33)32-20-18-29(19-21-32)30-22-25-34(26-23-30)49-39-15-7-4-12-35(39)36-13-5-8-16-40(36)49/h1-28H. The van der Waals surface area contributed by atoms with Gasteiger partial charge in [0.2, 0.25) is 0 Å². The molecule has 0 unspecified atom stereocenters. The van der Waals surface area contributed by atoms with E-state index in [0.717, 1.165) is 33.5 Å². The lowest BCUT2D eigenvalue weighted by molar-refractivity contribution is 1.07. The Labute approximate surface area is 292 Å². The van der Waals surface area contributed by atoms with Gasteiger partial charge in [0.25, 0.3) is 0 Å². The van der Waals surface area contributed by atoms with E-state index in [1.165, 1.54) is 42.0 Å². The topological polar surface area (TPSA) is 43.6 Å². The van der Waals surface area contributed by atoms with Crippen LogP contribution in [0.25, 0.3) is 93.0 Å². The normalized spacial score (nSPS) is 11.6. The largest absolute Gasteiger partial charge is 0.309 e. The molecule has 50 heavy (non-hydrogen) atoms. The molecule has 0 N–H and O–H groups in total. The highest BCUT2D eigenvalue weighted by Crippen LogP contribution is 2.37. The minimum atomic E-state index is 0.651. The van der Waals surface area contributed by atoms with Gasteiger partial charge in [-0.25, -0.2) is 15.0 Å². The smallest absolute Gasteiger partial charge is 0.164 e. The number of hydrogen-bond donors (Lipinski definition) is 0. The van der Waals surface area contributed by atoms with Gasteiger partial charge < -0.3 is 4.57 Å². The van der Waals surface area contributed by atoms with Crippen molar-refractivity contribution in [2.75, 3.05) is 0 Å². The lowest BCUT2D eigenvalue weighted by Gasteiger charge is -2.10. The molecule has 0 fully saturated rings. The monoisotopic (exact) mass is 656 g/mol. The maximum Gasteiger partial charge on any atom is 0.164 e. The van der Waals surface area contributed by atoms with Crippen LogP contribution in [0.3, 0.4) is 0 Å². The highest BCUT2D eigenvalue weighted by atomic mass is 32.1. The van der Waals surface area contributed by atoms with Crippen molar-refractivity contribution in [2.24, 2.45) is 0 Å². The molecule has 10 aromatic rings. The SMILES string of the molecule is c1ccc(-c2nc(-c3ccc(-c4ccc(-n5c6ccccc6c6ccccc65)cc4)cc3)nc(-c3ccc4c(c3)sc3ccccc34)n2)cc1. The van der Waals surface area contributed by atoms with E-state index in [4.69, 9.17) is 15.0 Å². The second kappa shape index (κ2) is 11.6. The predicted octanol–water partition coefficient (Wildman–Crippen LogP) is 12.0. The minimum absolute atomic E-state index is 0.651. The molecule has 0 bridgehead atoms. The third-order valence-electron chi connectivity index (χ3n) is 9.49. The Morgan fingerprint density at radius 3 is 1.46 bits per heavy atom. The summed E-state index contributed by atoms with van der Waals surface area (Å²) in [7, 11) is 0. The summed E-state index contributed by atoms with van der Waals surface area (Å²) in [5, 5.41) is 5.06. The molecule has 10 rings (SSSR count). The Morgan fingerprint density at radius 2 is 0.800 bits per heavy atom. The number of rotatable bonds is 5. The highest BCUT2D eigenvalue weighted by Gasteiger charge is 2.15. The molecule has 3 heterocycles. The van der Waals surface area contributed by atoms with E-state index in [9.17, 15) is 0 Å². The summed E-state index contributed by atoms with van der Waals surface area (Å²) in [6, 6.07) is 59.8. The number of thiophene rings is 1. The molecule has 0 radical (unpaired) electrons. The summed E-state index contributed by atoms with van der Waals surface area (Å²) in [4.78, 5) is 15.0. The summed E-state index contributed by atoms with van der Waals surface area (Å²) >= 11 is 1.80. The van der Waals surface area contributed by atoms with E-state index in [-0.39, 0.29) is 0 Å². The van der Waals surface area contributed by atoms with E-state index < -0.39 is 0 Å². The van der Waals surface area contributed by atoms with Crippen molar-refractivity contribution in [1.82, 2.24) is 19.5 Å². The number of para-hydroxylation sites is 2. The number of benzene rings is 7. The van der Waals surface area contributed by atoms with Gasteiger partial charge in [-0.3, -0.25) is 0 Å². The quantitative estimate of drug-likeness (QED) is 0.185. The first-order chi connectivity index (χ1) is 24.8. The van der Waals surface area contributed by atoms with Crippen molar-refractivity contribution in [3.8, 4) is 51.0 Å². The van der Waals surface area contributed by atoms with Crippen LogP contribution in [-0.4, -0.2) is 19.5 Å². The van der Waals surface area contributed by atoms with E-state index >= 15 is 0 Å². The molecule has 0 saturated heterocycles. The Kier molecular flexibility index (Phi) is 6.64. The third-order valence-corrected chi connectivity index (χ3v) is 10.6. The van der Waals surface area contributed by atoms with Gasteiger partial charge in [-0.05, 0) is 47.5 Å². The second-order valence-electron chi connectivity index (χ2n) is 12.5. The maximum absolute atomic E-state index is 5.03. The molecule has 4 nitrogen and oxygen atoms in total. The summed E-state index contributed by atoms with van der Waals surface area (Å²) in [5.74, 6) is 1.98. The fourth-order valence-electron chi connectivity index (χ4n) is 7.03. The number of aromatic nitrogens is 4. The molecule has 0 saturated carbocycles. The molecule has 5 heteroatoms. The Morgan fingerprint density at radius 1 is 0.340 bits per heavy atom. The van der Waals surface area contributed by atoms with Gasteiger partial charge in [0.05, 0.1) is 11.0 Å². The van der Waals surface area contributed by atoms with Crippen LogP contribution in [0, 0.1) is 0 Å². The molecule has 0 amide bonds. The molecule has 7 aromatic carbocycles. The first kappa shape index (κ1) is 28.6. The van der Waals surface area contributed by atoms with Crippen LogP contribution < -0.4 is 0 Å². The zero-order valence-corrected chi connectivity index (χ0v) is 27.7. The van der Waals surface area contributed by atoms with Crippen LogP contribution in [0.1, 0.15) is 0 Å². The number of nitrogens with zero attached hydrogens (tertiary/aromatic N) is 4. The van der Waals surface area contributed by atoms with Gasteiger partial charge in [-0.2, -0.15) is 0 Å². The third kappa shape index (κ3) is 4.79. The van der Waals surface area contributed by atoms with Gasteiger partial charge in [0.1, 0.15) is 0 Å². The maximum atomic E-state index is 5.03. The minimum Gasteiger partial charge on any atom is -0.309 e. The molecule has 0 aliphatic rings. The van der Waals surface area contributed by atoms with Gasteiger partial charge >= 0.3 is 0 Å². The second-order valence-corrected chi connectivity index (χ2v) is 13.6. The molecule has 0 spiro atoms. The summed E-state index contributed by atoms with van der Waals surface area (Å²) in [6.07, 6.45) is 0. The zero-order valence-electron chi connectivity index (χ0n) is 26.9. The fourth-order valence-corrected chi connectivity index (χ4v) is 8.18. The van der Waals surface area contributed by atoms with Gasteiger partial charge in [0, 0.05) is 53.3 Å². The number of hydrogen-bond acceptors (Lipinski definition) is 4. The van der Waals surface area contributed by atoms with E-state index in [1.807, 2.05) is 30.3 Å². The lowest BCUT2D eigenvalue weighted by atomic mass is 10.0. The van der Waals surface area contributed by atoms with Crippen molar-refractivity contribution in [3.63, 3.8) is 0 Å². The molecular formula is C45H28N4S. The predicted molar refractivity (Wildman–Crippen MR) is 209 cm³/mol. The highest BCUT2D eigenvalue weighted by molar-refractivity contribution is 7.25. The van der Waals surface area contributed by atoms with Gasteiger partial charge in [-0.15, -0.1) is 11.3 Å². The van der Waals surface area contributed by atoms with Crippen LogP contribution in [0.2, 0.25) is 0 Å². The zero-order chi connectivity index (χ0) is 33.0. The van der Waals surface area contributed by atoms with Crippen molar-refractivity contribution in [3.05, 3.63) is 170 Å². The van der Waals surface area contributed by atoms with E-state index in [2.05, 4.69) is 144 Å². The van der Waals surface area contributed by atoms with Crippen LogP contribution >= 0.6 is 11.3 Å². The summed E-state index contributed by atoms with van der Waals surface area (Å²) in [6.45, 7) is 0.